The number of halogens is 1. The summed E-state index contributed by atoms with van der Waals surface area (Å²) in [6.07, 6.45) is 5.30. The van der Waals surface area contributed by atoms with Crippen molar-refractivity contribution in [2.24, 2.45) is 0 Å². The topological polar surface area (TPSA) is 83.6 Å². The Morgan fingerprint density at radius 2 is 2.03 bits per heavy atom. The maximum atomic E-state index is 14.8. The molecule has 1 atom stereocenters. The van der Waals surface area contributed by atoms with Gasteiger partial charge in [-0.25, -0.2) is 18.4 Å². The van der Waals surface area contributed by atoms with Crippen LogP contribution in [0.5, 0.6) is 5.88 Å². The number of carbonyl (C=O) groups is 1. The van der Waals surface area contributed by atoms with E-state index in [4.69, 9.17) is 4.74 Å². The van der Waals surface area contributed by atoms with Crippen molar-refractivity contribution < 1.29 is 18.1 Å². The number of ether oxygens (including phenoxy) is 1. The van der Waals surface area contributed by atoms with E-state index < -0.39 is 17.0 Å². The Kier molecular flexibility index (Phi) is 7.05. The zero-order chi connectivity index (χ0) is 22.7. The van der Waals surface area contributed by atoms with E-state index >= 15 is 0 Å². The maximum absolute atomic E-state index is 14.8. The average Bonchev–Trinajstić information content (AvgIpc) is 3.31. The molecule has 0 bridgehead atoms. The molecule has 2 heterocycles. The SMILES string of the molecule is CCN1CCC(S(=O)NC(=O)Nc2c(-c3ccnc(OC)c3)cc(F)c3c2CCC3)CC1. The molecule has 0 saturated carbocycles. The minimum atomic E-state index is -1.48. The van der Waals surface area contributed by atoms with Gasteiger partial charge < -0.3 is 15.0 Å². The normalized spacial score (nSPS) is 17.6. The number of amides is 2. The summed E-state index contributed by atoms with van der Waals surface area (Å²) < 4.78 is 35.4. The summed E-state index contributed by atoms with van der Waals surface area (Å²) >= 11 is 0. The number of aromatic nitrogens is 1. The fourth-order valence-electron chi connectivity index (χ4n) is 4.54. The lowest BCUT2D eigenvalue weighted by Gasteiger charge is -2.30. The van der Waals surface area contributed by atoms with Crippen molar-refractivity contribution >= 4 is 22.7 Å². The van der Waals surface area contributed by atoms with E-state index in [0.29, 0.717) is 41.1 Å². The molecule has 172 valence electrons. The molecule has 1 aliphatic carbocycles. The third-order valence-electron chi connectivity index (χ3n) is 6.32. The zero-order valence-corrected chi connectivity index (χ0v) is 19.3. The van der Waals surface area contributed by atoms with Crippen LogP contribution in [0, 0.1) is 5.82 Å². The highest BCUT2D eigenvalue weighted by molar-refractivity contribution is 7.84. The summed E-state index contributed by atoms with van der Waals surface area (Å²) in [5.41, 5.74) is 3.24. The predicted molar refractivity (Wildman–Crippen MR) is 124 cm³/mol. The summed E-state index contributed by atoms with van der Waals surface area (Å²) in [6.45, 7) is 4.86. The fraction of sp³-hybridized carbons (Fsp3) is 0.478. The maximum Gasteiger partial charge on any atom is 0.331 e. The van der Waals surface area contributed by atoms with Crippen molar-refractivity contribution in [2.45, 2.75) is 44.3 Å². The molecule has 1 aliphatic heterocycles. The highest BCUT2D eigenvalue weighted by Gasteiger charge is 2.27. The second-order valence-corrected chi connectivity index (χ2v) is 9.63. The van der Waals surface area contributed by atoms with Crippen LogP contribution >= 0.6 is 0 Å². The van der Waals surface area contributed by atoms with Crippen molar-refractivity contribution in [1.29, 1.82) is 0 Å². The predicted octanol–water partition coefficient (Wildman–Crippen LogP) is 3.65. The number of urea groups is 1. The highest BCUT2D eigenvalue weighted by atomic mass is 32.2. The van der Waals surface area contributed by atoms with Gasteiger partial charge in [0.2, 0.25) is 5.88 Å². The van der Waals surface area contributed by atoms with E-state index in [1.54, 1.807) is 18.3 Å². The number of nitrogens with zero attached hydrogens (tertiary/aromatic N) is 2. The number of fused-ring (bicyclic) bond motifs is 1. The van der Waals surface area contributed by atoms with E-state index in [9.17, 15) is 13.4 Å². The molecule has 1 aromatic carbocycles. The molecule has 1 aromatic heterocycles. The monoisotopic (exact) mass is 460 g/mol. The summed E-state index contributed by atoms with van der Waals surface area (Å²) in [5.74, 6) is 0.124. The van der Waals surface area contributed by atoms with E-state index in [1.807, 2.05) is 0 Å². The number of carbonyl (C=O) groups excluding carboxylic acids is 1. The smallest absolute Gasteiger partial charge is 0.331 e. The third kappa shape index (κ3) is 4.78. The Bertz CT molecular complexity index is 1020. The molecule has 7 nitrogen and oxygen atoms in total. The van der Waals surface area contributed by atoms with Crippen LogP contribution in [-0.2, 0) is 23.8 Å². The van der Waals surface area contributed by atoms with Gasteiger partial charge in [-0.15, -0.1) is 0 Å². The van der Waals surface area contributed by atoms with Crippen LogP contribution in [0.25, 0.3) is 11.1 Å². The van der Waals surface area contributed by atoms with Crippen molar-refractivity contribution in [3.05, 3.63) is 41.3 Å². The lowest BCUT2D eigenvalue weighted by molar-refractivity contribution is 0.242. The molecule has 1 unspecified atom stereocenters. The average molecular weight is 461 g/mol. The number of likely N-dealkylation sites (tertiary alicyclic amines) is 1. The molecular formula is C23H29FN4O3S. The Labute approximate surface area is 190 Å². The number of anilines is 1. The fourth-order valence-corrected chi connectivity index (χ4v) is 5.58. The third-order valence-corrected chi connectivity index (χ3v) is 7.78. The molecule has 1 fully saturated rings. The number of piperidine rings is 1. The summed E-state index contributed by atoms with van der Waals surface area (Å²) in [7, 11) is 0.0374. The number of rotatable bonds is 6. The first-order valence-corrected chi connectivity index (χ1v) is 12.3. The summed E-state index contributed by atoms with van der Waals surface area (Å²) in [6, 6.07) is 4.37. The minimum Gasteiger partial charge on any atom is -0.481 e. The molecule has 2 N–H and O–H groups in total. The molecule has 4 rings (SSSR count). The number of methoxy groups -OCH3 is 1. The van der Waals surface area contributed by atoms with Gasteiger partial charge >= 0.3 is 6.03 Å². The Morgan fingerprint density at radius 1 is 1.28 bits per heavy atom. The number of benzene rings is 1. The first kappa shape index (κ1) is 22.7. The van der Waals surface area contributed by atoms with Gasteiger partial charge in [-0.3, -0.25) is 4.72 Å². The molecule has 2 aromatic rings. The van der Waals surface area contributed by atoms with Gasteiger partial charge in [0.1, 0.15) is 16.8 Å². The van der Waals surface area contributed by atoms with Crippen LogP contribution in [-0.4, -0.2) is 52.1 Å². The first-order valence-electron chi connectivity index (χ1n) is 11.0. The molecule has 2 amide bonds. The molecule has 2 aliphatic rings. The van der Waals surface area contributed by atoms with Crippen LogP contribution in [0.1, 0.15) is 37.3 Å². The van der Waals surface area contributed by atoms with Gasteiger partial charge in [0.15, 0.2) is 0 Å². The molecule has 0 radical (unpaired) electrons. The van der Waals surface area contributed by atoms with Crippen LogP contribution in [0.4, 0.5) is 14.9 Å². The quantitative estimate of drug-likeness (QED) is 0.688. The minimum absolute atomic E-state index is 0.0635. The van der Waals surface area contributed by atoms with Crippen molar-refractivity contribution in [2.75, 3.05) is 32.1 Å². The number of hydrogen-bond donors (Lipinski definition) is 2. The van der Waals surface area contributed by atoms with Gasteiger partial charge in [0, 0.05) is 17.8 Å². The lowest BCUT2D eigenvalue weighted by atomic mass is 9.97. The van der Waals surface area contributed by atoms with E-state index in [0.717, 1.165) is 44.5 Å². The number of pyridine rings is 1. The van der Waals surface area contributed by atoms with E-state index in [2.05, 4.69) is 26.8 Å². The first-order chi connectivity index (χ1) is 15.5. The number of nitrogens with one attached hydrogen (secondary N) is 2. The van der Waals surface area contributed by atoms with Crippen LogP contribution in [0.2, 0.25) is 0 Å². The Balaban J connectivity index is 1.57. The van der Waals surface area contributed by atoms with Crippen LogP contribution in [0.3, 0.4) is 0 Å². The molecular weight excluding hydrogens is 431 g/mol. The highest BCUT2D eigenvalue weighted by Crippen LogP contribution is 2.39. The molecule has 1 saturated heterocycles. The van der Waals surface area contributed by atoms with Gasteiger partial charge in [0.25, 0.3) is 0 Å². The van der Waals surface area contributed by atoms with Gasteiger partial charge in [-0.05, 0) is 80.6 Å². The summed E-state index contributed by atoms with van der Waals surface area (Å²) in [4.78, 5) is 19.2. The van der Waals surface area contributed by atoms with Crippen molar-refractivity contribution in [1.82, 2.24) is 14.6 Å². The lowest BCUT2D eigenvalue weighted by Crippen LogP contribution is -2.42. The van der Waals surface area contributed by atoms with Gasteiger partial charge in [0.05, 0.1) is 18.0 Å². The van der Waals surface area contributed by atoms with Crippen LogP contribution in [0.15, 0.2) is 24.4 Å². The largest absolute Gasteiger partial charge is 0.481 e. The Morgan fingerprint density at radius 3 is 2.75 bits per heavy atom. The van der Waals surface area contributed by atoms with E-state index in [1.165, 1.54) is 13.2 Å². The van der Waals surface area contributed by atoms with Crippen LogP contribution < -0.4 is 14.8 Å². The summed E-state index contributed by atoms with van der Waals surface area (Å²) in [5, 5.41) is 2.82. The number of hydrogen-bond acceptors (Lipinski definition) is 5. The second kappa shape index (κ2) is 9.95. The standard InChI is InChI=1S/C23H29FN4O3S/c1-3-28-11-8-16(9-12-28)32(30)27-23(29)26-22-18-6-4-5-17(18)20(24)14-19(22)15-7-10-25-21(13-15)31-2/h7,10,13-14,16H,3-6,8-9,11-12H2,1-2H3,(H2,26,27,29). The van der Waals surface area contributed by atoms with Gasteiger partial charge in [-0.2, -0.15) is 0 Å². The van der Waals surface area contributed by atoms with Crippen molar-refractivity contribution in [3.63, 3.8) is 0 Å². The van der Waals surface area contributed by atoms with E-state index in [-0.39, 0.29) is 11.1 Å². The molecule has 9 heteroatoms. The molecule has 0 spiro atoms. The molecule has 32 heavy (non-hydrogen) atoms. The second-order valence-electron chi connectivity index (χ2n) is 8.17. The van der Waals surface area contributed by atoms with Crippen molar-refractivity contribution in [3.8, 4) is 17.0 Å². The Hall–Kier alpha value is -2.52. The van der Waals surface area contributed by atoms with Gasteiger partial charge in [-0.1, -0.05) is 6.92 Å². The zero-order valence-electron chi connectivity index (χ0n) is 18.4.